The Labute approximate surface area is 184 Å². The minimum absolute atomic E-state index is 0.348. The molecule has 0 radical (unpaired) electrons. The van der Waals surface area contributed by atoms with E-state index in [-0.39, 0.29) is 11.7 Å². The van der Waals surface area contributed by atoms with E-state index in [9.17, 15) is 14.0 Å². The zero-order valence-corrected chi connectivity index (χ0v) is 18.4. The fourth-order valence-electron chi connectivity index (χ4n) is 2.62. The standard InChI is InChI=1S/C13H18FN3O2.C7H6ClNOS/c1-6-4-9(14)5-10(7(6)2)8(3)11(15)12(16)19-13(17)18;8-4-1-2-6(11)5(3-4)7(9)10/h4-5,8,11,16H,15H2,1-3H3,(H2,17,18);1-3,11H,(H2,9,10). The zero-order valence-electron chi connectivity index (χ0n) is 16.7. The van der Waals surface area contributed by atoms with Crippen LogP contribution in [-0.4, -0.2) is 23.9 Å². The smallest absolute Gasteiger partial charge is 0.394 e. The molecule has 0 saturated carbocycles. The lowest BCUT2D eigenvalue weighted by Gasteiger charge is -2.22. The molecule has 2 aromatic carbocycles. The molecule has 0 aromatic heterocycles. The minimum atomic E-state index is -1.08. The number of carbonyl (C=O) groups excluding carboxylic acids is 2. The van der Waals surface area contributed by atoms with Crippen molar-refractivity contribution in [3.05, 3.63) is 63.4 Å². The predicted molar refractivity (Wildman–Crippen MR) is 118 cm³/mol. The average molecular weight is 455 g/mol. The first kappa shape index (κ1) is 25.4. The number of amides is 2. The fraction of sp³-hybridized carbons (Fsp3) is 0.250. The van der Waals surface area contributed by atoms with E-state index in [2.05, 4.69) is 17.4 Å². The Morgan fingerprint density at radius 1 is 1.20 bits per heavy atom. The maximum Gasteiger partial charge on any atom is 0.411 e. The van der Waals surface area contributed by atoms with Crippen LogP contribution in [0.3, 0.4) is 0 Å². The van der Waals surface area contributed by atoms with Gasteiger partial charge in [-0.2, -0.15) is 0 Å². The highest BCUT2D eigenvalue weighted by molar-refractivity contribution is 7.80. The van der Waals surface area contributed by atoms with Crippen LogP contribution in [0.25, 0.3) is 0 Å². The number of rotatable bonds is 4. The molecule has 0 aliphatic carbocycles. The minimum Gasteiger partial charge on any atom is -0.394 e. The lowest BCUT2D eigenvalue weighted by Crippen LogP contribution is -2.39. The Morgan fingerprint density at radius 2 is 1.80 bits per heavy atom. The lowest BCUT2D eigenvalue weighted by molar-refractivity contribution is 0.0997. The van der Waals surface area contributed by atoms with Crippen LogP contribution in [0.15, 0.2) is 35.2 Å². The molecule has 2 rings (SSSR count). The summed E-state index contributed by atoms with van der Waals surface area (Å²) in [5.74, 6) is -1.68. The predicted octanol–water partition coefficient (Wildman–Crippen LogP) is 3.67. The summed E-state index contributed by atoms with van der Waals surface area (Å²) in [4.78, 5) is 21.8. The second-order valence-corrected chi connectivity index (χ2v) is 7.48. The molecule has 10 heteroatoms. The molecule has 30 heavy (non-hydrogen) atoms. The van der Waals surface area contributed by atoms with Crippen molar-refractivity contribution in [3.8, 4) is 0 Å². The number of primary amides is 2. The van der Waals surface area contributed by atoms with E-state index < -0.39 is 23.9 Å². The number of carbonyl (C=O) groups is 2. The Hall–Kier alpha value is -2.62. The van der Waals surface area contributed by atoms with Crippen molar-refractivity contribution >= 4 is 42.1 Å². The first-order chi connectivity index (χ1) is 13.8. The van der Waals surface area contributed by atoms with E-state index in [1.165, 1.54) is 18.2 Å². The first-order valence-corrected chi connectivity index (χ1v) is 9.53. The van der Waals surface area contributed by atoms with Crippen molar-refractivity contribution in [2.45, 2.75) is 37.6 Å². The molecule has 2 atom stereocenters. The highest BCUT2D eigenvalue weighted by Crippen LogP contribution is 2.26. The Morgan fingerprint density at radius 3 is 2.30 bits per heavy atom. The molecular formula is C20H24ClFN4O3S. The summed E-state index contributed by atoms with van der Waals surface area (Å²) in [6.07, 6.45) is -1.08. The summed E-state index contributed by atoms with van der Waals surface area (Å²) in [7, 11) is 0. The van der Waals surface area contributed by atoms with Crippen molar-refractivity contribution in [2.75, 3.05) is 0 Å². The molecule has 7 nitrogen and oxygen atoms in total. The molecular weight excluding hydrogens is 431 g/mol. The highest BCUT2D eigenvalue weighted by Gasteiger charge is 2.24. The van der Waals surface area contributed by atoms with Gasteiger partial charge in [0.1, 0.15) is 5.82 Å². The summed E-state index contributed by atoms with van der Waals surface area (Å²) in [5.41, 5.74) is 18.4. The molecule has 2 amide bonds. The maximum absolute atomic E-state index is 13.4. The molecule has 0 aliphatic rings. The normalized spacial score (nSPS) is 12.2. The molecule has 2 unspecified atom stereocenters. The Bertz CT molecular complexity index is 971. The number of hydrogen-bond acceptors (Lipinski definition) is 6. The number of aryl methyl sites for hydroxylation is 1. The molecule has 2 aromatic rings. The molecule has 0 saturated heterocycles. The van der Waals surface area contributed by atoms with Crippen LogP contribution in [-0.2, 0) is 4.74 Å². The largest absolute Gasteiger partial charge is 0.411 e. The van der Waals surface area contributed by atoms with E-state index in [4.69, 9.17) is 34.2 Å². The summed E-state index contributed by atoms with van der Waals surface area (Å²) in [6.45, 7) is 5.39. The third kappa shape index (κ3) is 7.01. The summed E-state index contributed by atoms with van der Waals surface area (Å²) in [6, 6.07) is 6.72. The van der Waals surface area contributed by atoms with E-state index in [0.717, 1.165) is 11.1 Å². The molecule has 0 spiro atoms. The van der Waals surface area contributed by atoms with E-state index >= 15 is 0 Å². The quantitative estimate of drug-likeness (QED) is 0.272. The molecule has 0 heterocycles. The topological polar surface area (TPSA) is 145 Å². The third-order valence-corrected chi connectivity index (χ3v) is 5.06. The number of nitrogens with one attached hydrogen (secondary N) is 1. The van der Waals surface area contributed by atoms with Gasteiger partial charge in [-0.3, -0.25) is 10.2 Å². The molecule has 7 N–H and O–H groups in total. The average Bonchev–Trinajstić information content (AvgIpc) is 2.65. The number of ether oxygens (including phenoxy) is 1. The van der Waals surface area contributed by atoms with Crippen molar-refractivity contribution in [1.29, 1.82) is 5.41 Å². The molecule has 0 aliphatic heterocycles. The van der Waals surface area contributed by atoms with Crippen LogP contribution in [0.5, 0.6) is 0 Å². The van der Waals surface area contributed by atoms with Crippen molar-refractivity contribution in [1.82, 2.24) is 0 Å². The van der Waals surface area contributed by atoms with Gasteiger partial charge in [0.15, 0.2) is 0 Å². The Balaban J connectivity index is 0.000000346. The molecule has 0 fully saturated rings. The number of benzene rings is 2. The van der Waals surface area contributed by atoms with E-state index in [1.807, 2.05) is 6.92 Å². The monoisotopic (exact) mass is 454 g/mol. The number of thiol groups is 1. The summed E-state index contributed by atoms with van der Waals surface area (Å²) >= 11 is 9.64. The van der Waals surface area contributed by atoms with Gasteiger partial charge in [0.25, 0.3) is 0 Å². The summed E-state index contributed by atoms with van der Waals surface area (Å²) < 4.78 is 17.9. The maximum atomic E-state index is 13.4. The summed E-state index contributed by atoms with van der Waals surface area (Å²) in [5, 5.41) is 8.02. The van der Waals surface area contributed by atoms with Crippen molar-refractivity contribution in [3.63, 3.8) is 0 Å². The second kappa shape index (κ2) is 11.0. The van der Waals surface area contributed by atoms with Gasteiger partial charge in [-0.05, 0) is 60.9 Å². The zero-order chi connectivity index (χ0) is 23.2. The second-order valence-electron chi connectivity index (χ2n) is 6.56. The lowest BCUT2D eigenvalue weighted by atomic mass is 9.88. The van der Waals surface area contributed by atoms with Gasteiger partial charge in [0, 0.05) is 15.8 Å². The van der Waals surface area contributed by atoms with Gasteiger partial charge < -0.3 is 21.9 Å². The van der Waals surface area contributed by atoms with Crippen LogP contribution in [0.4, 0.5) is 9.18 Å². The highest BCUT2D eigenvalue weighted by atomic mass is 35.5. The van der Waals surface area contributed by atoms with Crippen LogP contribution < -0.4 is 17.2 Å². The first-order valence-electron chi connectivity index (χ1n) is 8.71. The number of halogens is 2. The van der Waals surface area contributed by atoms with Gasteiger partial charge >= 0.3 is 6.09 Å². The van der Waals surface area contributed by atoms with E-state index in [0.29, 0.717) is 21.0 Å². The van der Waals surface area contributed by atoms with Crippen LogP contribution in [0, 0.1) is 25.1 Å². The third-order valence-electron chi connectivity index (χ3n) is 4.44. The van der Waals surface area contributed by atoms with Crippen LogP contribution in [0.2, 0.25) is 5.02 Å². The number of hydrogen-bond donors (Lipinski definition) is 5. The van der Waals surface area contributed by atoms with Crippen molar-refractivity contribution in [2.24, 2.45) is 17.2 Å². The fourth-order valence-corrected chi connectivity index (χ4v) is 3.04. The van der Waals surface area contributed by atoms with Crippen molar-refractivity contribution < 1.29 is 18.7 Å². The van der Waals surface area contributed by atoms with Crippen LogP contribution in [0.1, 0.15) is 39.9 Å². The SMILES string of the molecule is Cc1cc(F)cc(C(C)C(N)C(=N)OC(N)=O)c1C.NC(=O)c1cc(Cl)ccc1S. The van der Waals surface area contributed by atoms with Crippen LogP contribution >= 0.6 is 24.2 Å². The molecule has 162 valence electrons. The van der Waals surface area contributed by atoms with Gasteiger partial charge in [-0.1, -0.05) is 18.5 Å². The van der Waals surface area contributed by atoms with Gasteiger partial charge in [-0.25, -0.2) is 9.18 Å². The van der Waals surface area contributed by atoms with Gasteiger partial charge in [0.05, 0.1) is 11.6 Å². The molecule has 0 bridgehead atoms. The Kier molecular flexibility index (Phi) is 9.28. The van der Waals surface area contributed by atoms with Gasteiger partial charge in [0.2, 0.25) is 11.8 Å². The van der Waals surface area contributed by atoms with Gasteiger partial charge in [-0.15, -0.1) is 12.6 Å². The van der Waals surface area contributed by atoms with E-state index in [1.54, 1.807) is 26.0 Å². The number of nitrogens with two attached hydrogens (primary N) is 3.